The van der Waals surface area contributed by atoms with E-state index < -0.39 is 11.7 Å². The standard InChI is InChI=1S/C17H27NO2/c1-5-20-17(10-8-16(3,4)9-11-17)15(19)14-7-6-13(2)18-12-14/h6-7,12,15,19H,5,8-11H2,1-4H3. The first kappa shape index (κ1) is 15.5. The first-order chi connectivity index (χ1) is 9.38. The lowest BCUT2D eigenvalue weighted by molar-refractivity contribution is -0.153. The lowest BCUT2D eigenvalue weighted by Gasteiger charge is -2.45. The van der Waals surface area contributed by atoms with Crippen molar-refractivity contribution in [3.63, 3.8) is 0 Å². The molecule has 20 heavy (non-hydrogen) atoms. The minimum absolute atomic E-state index is 0.353. The van der Waals surface area contributed by atoms with E-state index in [2.05, 4.69) is 18.8 Å². The highest BCUT2D eigenvalue weighted by atomic mass is 16.5. The summed E-state index contributed by atoms with van der Waals surface area (Å²) in [5.41, 5.74) is 1.74. The predicted octanol–water partition coefficient (Wildman–Crippen LogP) is 3.80. The zero-order chi connectivity index (χ0) is 14.8. The Kier molecular flexibility index (Phi) is 4.50. The Morgan fingerprint density at radius 1 is 1.25 bits per heavy atom. The maximum Gasteiger partial charge on any atom is 0.109 e. The fourth-order valence-corrected chi connectivity index (χ4v) is 3.08. The van der Waals surface area contributed by atoms with Gasteiger partial charge in [-0.2, -0.15) is 0 Å². The summed E-state index contributed by atoms with van der Waals surface area (Å²) < 4.78 is 6.03. The molecule has 1 unspecified atom stereocenters. The Labute approximate surface area is 122 Å². The minimum Gasteiger partial charge on any atom is -0.385 e. The molecular weight excluding hydrogens is 250 g/mol. The first-order valence-corrected chi connectivity index (χ1v) is 7.63. The molecule has 1 aliphatic rings. The molecule has 1 fully saturated rings. The molecule has 0 radical (unpaired) electrons. The van der Waals surface area contributed by atoms with Crippen LogP contribution in [0.4, 0.5) is 0 Å². The van der Waals surface area contributed by atoms with Crippen molar-refractivity contribution in [3.8, 4) is 0 Å². The Balaban J connectivity index is 2.22. The maximum atomic E-state index is 10.8. The van der Waals surface area contributed by atoms with E-state index in [0.29, 0.717) is 12.0 Å². The quantitative estimate of drug-likeness (QED) is 0.910. The molecule has 0 aliphatic heterocycles. The largest absolute Gasteiger partial charge is 0.385 e. The highest BCUT2D eigenvalue weighted by Crippen LogP contribution is 2.47. The Bertz CT molecular complexity index is 429. The van der Waals surface area contributed by atoms with E-state index in [1.54, 1.807) is 6.20 Å². The van der Waals surface area contributed by atoms with Crippen LogP contribution in [0.1, 0.15) is 63.8 Å². The number of aliphatic hydroxyl groups is 1. The van der Waals surface area contributed by atoms with Crippen LogP contribution >= 0.6 is 0 Å². The van der Waals surface area contributed by atoms with Crippen LogP contribution in [0.3, 0.4) is 0 Å². The molecule has 1 saturated carbocycles. The number of ether oxygens (including phenoxy) is 1. The molecule has 0 bridgehead atoms. The van der Waals surface area contributed by atoms with Gasteiger partial charge in [-0.05, 0) is 51.0 Å². The van der Waals surface area contributed by atoms with Crippen molar-refractivity contribution >= 4 is 0 Å². The average Bonchev–Trinajstić information content (AvgIpc) is 2.42. The summed E-state index contributed by atoms with van der Waals surface area (Å²) in [6.07, 6.45) is 5.17. The smallest absolute Gasteiger partial charge is 0.109 e. The van der Waals surface area contributed by atoms with Crippen LogP contribution in [0.15, 0.2) is 18.3 Å². The lowest BCUT2D eigenvalue weighted by atomic mass is 9.68. The highest BCUT2D eigenvalue weighted by molar-refractivity contribution is 5.19. The molecule has 0 saturated heterocycles. The number of aryl methyl sites for hydroxylation is 1. The van der Waals surface area contributed by atoms with E-state index in [1.807, 2.05) is 26.0 Å². The van der Waals surface area contributed by atoms with Crippen LogP contribution in [0.25, 0.3) is 0 Å². The fraction of sp³-hybridized carbons (Fsp3) is 0.706. The van der Waals surface area contributed by atoms with Gasteiger partial charge >= 0.3 is 0 Å². The topological polar surface area (TPSA) is 42.4 Å². The number of aliphatic hydroxyl groups excluding tert-OH is 1. The average molecular weight is 277 g/mol. The van der Waals surface area contributed by atoms with Gasteiger partial charge in [0, 0.05) is 24.1 Å². The van der Waals surface area contributed by atoms with E-state index in [-0.39, 0.29) is 0 Å². The van der Waals surface area contributed by atoms with E-state index in [1.165, 1.54) is 0 Å². The van der Waals surface area contributed by atoms with Gasteiger partial charge in [-0.15, -0.1) is 0 Å². The van der Waals surface area contributed by atoms with Crippen LogP contribution in [0, 0.1) is 12.3 Å². The third kappa shape index (κ3) is 3.21. The molecule has 0 spiro atoms. The second-order valence-electron chi connectivity index (χ2n) is 6.80. The zero-order valence-electron chi connectivity index (χ0n) is 13.1. The van der Waals surface area contributed by atoms with Crippen molar-refractivity contribution < 1.29 is 9.84 Å². The van der Waals surface area contributed by atoms with Gasteiger partial charge < -0.3 is 9.84 Å². The minimum atomic E-state index is -0.591. The van der Waals surface area contributed by atoms with Gasteiger partial charge in [0.15, 0.2) is 0 Å². The summed E-state index contributed by atoms with van der Waals surface area (Å²) >= 11 is 0. The second-order valence-corrected chi connectivity index (χ2v) is 6.80. The molecule has 1 aromatic rings. The molecule has 1 aromatic heterocycles. The Morgan fingerprint density at radius 3 is 2.40 bits per heavy atom. The van der Waals surface area contributed by atoms with Gasteiger partial charge in [0.05, 0.1) is 5.60 Å². The number of pyridine rings is 1. The van der Waals surface area contributed by atoms with Crippen molar-refractivity contribution in [3.05, 3.63) is 29.6 Å². The van der Waals surface area contributed by atoms with Crippen LogP contribution in [-0.4, -0.2) is 22.3 Å². The van der Waals surface area contributed by atoms with Crippen LogP contribution in [-0.2, 0) is 4.74 Å². The monoisotopic (exact) mass is 277 g/mol. The fourth-order valence-electron chi connectivity index (χ4n) is 3.08. The first-order valence-electron chi connectivity index (χ1n) is 7.63. The van der Waals surface area contributed by atoms with Crippen LogP contribution < -0.4 is 0 Å². The molecule has 1 aliphatic carbocycles. The molecule has 2 rings (SSSR count). The molecule has 0 aromatic carbocycles. The van der Waals surface area contributed by atoms with Crippen LogP contribution in [0.5, 0.6) is 0 Å². The van der Waals surface area contributed by atoms with Crippen molar-refractivity contribution in [2.24, 2.45) is 5.41 Å². The number of rotatable bonds is 4. The van der Waals surface area contributed by atoms with E-state index in [4.69, 9.17) is 4.74 Å². The molecule has 3 heteroatoms. The Morgan fingerprint density at radius 2 is 1.90 bits per heavy atom. The molecular formula is C17H27NO2. The van der Waals surface area contributed by atoms with Gasteiger partial charge in [0.2, 0.25) is 0 Å². The van der Waals surface area contributed by atoms with Crippen molar-refractivity contribution in [1.29, 1.82) is 0 Å². The molecule has 112 valence electrons. The molecule has 1 heterocycles. The van der Waals surface area contributed by atoms with Crippen molar-refractivity contribution in [2.75, 3.05) is 6.61 Å². The van der Waals surface area contributed by atoms with Gasteiger partial charge in [0.25, 0.3) is 0 Å². The summed E-state index contributed by atoms with van der Waals surface area (Å²) in [5.74, 6) is 0. The second kappa shape index (κ2) is 5.82. The normalized spacial score (nSPS) is 22.4. The summed E-state index contributed by atoms with van der Waals surface area (Å²) in [4.78, 5) is 4.30. The summed E-state index contributed by atoms with van der Waals surface area (Å²) in [7, 11) is 0. The van der Waals surface area contributed by atoms with Gasteiger partial charge in [-0.3, -0.25) is 4.98 Å². The third-order valence-corrected chi connectivity index (χ3v) is 4.63. The van der Waals surface area contributed by atoms with Gasteiger partial charge in [-0.1, -0.05) is 19.9 Å². The number of nitrogens with zero attached hydrogens (tertiary/aromatic N) is 1. The van der Waals surface area contributed by atoms with Crippen LogP contribution in [0.2, 0.25) is 0 Å². The maximum absolute atomic E-state index is 10.8. The molecule has 1 atom stereocenters. The molecule has 3 nitrogen and oxygen atoms in total. The van der Waals surface area contributed by atoms with E-state index >= 15 is 0 Å². The van der Waals surface area contributed by atoms with E-state index in [0.717, 1.165) is 36.9 Å². The molecule has 1 N–H and O–H groups in total. The predicted molar refractivity (Wildman–Crippen MR) is 80.5 cm³/mol. The Hall–Kier alpha value is -0.930. The summed E-state index contributed by atoms with van der Waals surface area (Å²) in [6.45, 7) is 9.18. The van der Waals surface area contributed by atoms with Crippen molar-refractivity contribution in [2.45, 2.75) is 65.1 Å². The number of aromatic nitrogens is 1. The summed E-state index contributed by atoms with van der Waals surface area (Å²) in [5, 5.41) is 10.8. The van der Waals surface area contributed by atoms with Crippen molar-refractivity contribution in [1.82, 2.24) is 4.98 Å². The van der Waals surface area contributed by atoms with Gasteiger partial charge in [0.1, 0.15) is 6.10 Å². The summed E-state index contributed by atoms with van der Waals surface area (Å²) in [6, 6.07) is 3.92. The lowest BCUT2D eigenvalue weighted by Crippen LogP contribution is -2.44. The van der Waals surface area contributed by atoms with E-state index in [9.17, 15) is 5.11 Å². The van der Waals surface area contributed by atoms with Gasteiger partial charge in [-0.25, -0.2) is 0 Å². The zero-order valence-corrected chi connectivity index (χ0v) is 13.1. The number of hydrogen-bond donors (Lipinski definition) is 1. The number of hydrogen-bond acceptors (Lipinski definition) is 3. The third-order valence-electron chi connectivity index (χ3n) is 4.63. The molecule has 0 amide bonds. The highest BCUT2D eigenvalue weighted by Gasteiger charge is 2.44. The SMILES string of the molecule is CCOC1(C(O)c2ccc(C)nc2)CCC(C)(C)CC1.